The third-order valence-electron chi connectivity index (χ3n) is 4.00. The standard InChI is InChI=1S/C22H18Cl2N2/c1-15-5-3-7-19(23)21(15)25-13-17-9-11-18(12-10-17)14-26-22-16(2)6-4-8-20(22)24/h3-14H,1-2H3. The highest BCUT2D eigenvalue weighted by molar-refractivity contribution is 6.33. The lowest BCUT2D eigenvalue weighted by Gasteiger charge is -2.03. The molecule has 0 radical (unpaired) electrons. The topological polar surface area (TPSA) is 24.7 Å². The Balaban J connectivity index is 1.77. The first kappa shape index (κ1) is 18.4. The van der Waals surface area contributed by atoms with Crippen molar-refractivity contribution in [3.8, 4) is 0 Å². The van der Waals surface area contributed by atoms with Crippen molar-refractivity contribution >= 4 is 47.0 Å². The van der Waals surface area contributed by atoms with Crippen LogP contribution in [-0.2, 0) is 0 Å². The molecule has 0 saturated carbocycles. The fourth-order valence-corrected chi connectivity index (χ4v) is 3.06. The molecule has 0 aliphatic heterocycles. The van der Waals surface area contributed by atoms with Gasteiger partial charge in [-0.05, 0) is 48.2 Å². The minimum Gasteiger partial charge on any atom is -0.254 e. The molecule has 0 unspecified atom stereocenters. The van der Waals surface area contributed by atoms with Crippen LogP contribution < -0.4 is 0 Å². The first-order valence-corrected chi connectivity index (χ1v) is 8.98. The van der Waals surface area contributed by atoms with E-state index < -0.39 is 0 Å². The smallest absolute Gasteiger partial charge is 0.0845 e. The number of rotatable bonds is 4. The molecule has 0 amide bonds. The minimum absolute atomic E-state index is 0.653. The largest absolute Gasteiger partial charge is 0.254 e. The lowest BCUT2D eigenvalue weighted by Crippen LogP contribution is -1.86. The summed E-state index contributed by atoms with van der Waals surface area (Å²) in [6.45, 7) is 3.99. The molecule has 4 heteroatoms. The van der Waals surface area contributed by atoms with E-state index in [-0.39, 0.29) is 0 Å². The van der Waals surface area contributed by atoms with Crippen LogP contribution in [0.1, 0.15) is 22.3 Å². The summed E-state index contributed by atoms with van der Waals surface area (Å²) in [4.78, 5) is 9.03. The highest BCUT2D eigenvalue weighted by Gasteiger charge is 2.02. The van der Waals surface area contributed by atoms with Gasteiger partial charge in [0.25, 0.3) is 0 Å². The van der Waals surface area contributed by atoms with E-state index in [0.29, 0.717) is 10.0 Å². The molecule has 26 heavy (non-hydrogen) atoms. The lowest BCUT2D eigenvalue weighted by molar-refractivity contribution is 1.40. The van der Waals surface area contributed by atoms with Gasteiger partial charge in [0.05, 0.1) is 21.4 Å². The molecule has 0 heterocycles. The molecular formula is C22H18Cl2N2. The average Bonchev–Trinajstić information content (AvgIpc) is 2.62. The van der Waals surface area contributed by atoms with Crippen LogP contribution in [0.15, 0.2) is 70.6 Å². The lowest BCUT2D eigenvalue weighted by atomic mass is 10.1. The SMILES string of the molecule is Cc1cccc(Cl)c1N=Cc1ccc(C=Nc2c(C)cccc2Cl)cc1. The van der Waals surface area contributed by atoms with Crippen LogP contribution in [0.2, 0.25) is 10.0 Å². The summed E-state index contributed by atoms with van der Waals surface area (Å²) >= 11 is 12.4. The first-order chi connectivity index (χ1) is 12.5. The van der Waals surface area contributed by atoms with Gasteiger partial charge in [0, 0.05) is 12.4 Å². The molecule has 0 atom stereocenters. The van der Waals surface area contributed by atoms with Gasteiger partial charge in [0.1, 0.15) is 0 Å². The molecule has 130 valence electrons. The second-order valence-electron chi connectivity index (χ2n) is 5.99. The summed E-state index contributed by atoms with van der Waals surface area (Å²) in [6.07, 6.45) is 3.63. The normalized spacial score (nSPS) is 11.5. The monoisotopic (exact) mass is 380 g/mol. The zero-order valence-corrected chi connectivity index (χ0v) is 16.1. The Bertz CT molecular complexity index is 853. The minimum atomic E-state index is 0.653. The maximum absolute atomic E-state index is 6.20. The maximum atomic E-state index is 6.20. The number of para-hydroxylation sites is 2. The summed E-state index contributed by atoms with van der Waals surface area (Å²) in [6, 6.07) is 19.5. The molecule has 0 aliphatic rings. The van der Waals surface area contributed by atoms with Gasteiger partial charge in [-0.15, -0.1) is 0 Å². The summed E-state index contributed by atoms with van der Waals surface area (Å²) in [5.41, 5.74) is 5.69. The molecule has 3 rings (SSSR count). The van der Waals surface area contributed by atoms with Gasteiger partial charge in [-0.1, -0.05) is 71.7 Å². The fraction of sp³-hybridized carbons (Fsp3) is 0.0909. The Morgan fingerprint density at radius 1 is 0.615 bits per heavy atom. The molecule has 2 nitrogen and oxygen atoms in total. The molecule has 0 saturated heterocycles. The average molecular weight is 381 g/mol. The zero-order valence-electron chi connectivity index (χ0n) is 14.6. The summed E-state index contributed by atoms with van der Waals surface area (Å²) in [7, 11) is 0. The zero-order chi connectivity index (χ0) is 18.5. The van der Waals surface area contributed by atoms with Crippen molar-refractivity contribution in [2.45, 2.75) is 13.8 Å². The third-order valence-corrected chi connectivity index (χ3v) is 4.61. The van der Waals surface area contributed by atoms with Crippen LogP contribution in [-0.4, -0.2) is 12.4 Å². The van der Waals surface area contributed by atoms with E-state index in [0.717, 1.165) is 33.6 Å². The van der Waals surface area contributed by atoms with Crippen LogP contribution in [0.5, 0.6) is 0 Å². The van der Waals surface area contributed by atoms with Crippen molar-refractivity contribution in [3.05, 3.63) is 93.0 Å². The van der Waals surface area contributed by atoms with Gasteiger partial charge in [-0.3, -0.25) is 9.98 Å². The Kier molecular flexibility index (Phi) is 5.87. The van der Waals surface area contributed by atoms with Gasteiger partial charge in [-0.25, -0.2) is 0 Å². The van der Waals surface area contributed by atoms with E-state index in [1.54, 1.807) is 0 Å². The second kappa shape index (κ2) is 8.31. The predicted molar refractivity (Wildman–Crippen MR) is 113 cm³/mol. The van der Waals surface area contributed by atoms with E-state index >= 15 is 0 Å². The highest BCUT2D eigenvalue weighted by atomic mass is 35.5. The Labute approximate surface area is 163 Å². The summed E-state index contributed by atoms with van der Waals surface area (Å²) < 4.78 is 0. The van der Waals surface area contributed by atoms with Crippen LogP contribution in [0.25, 0.3) is 0 Å². The van der Waals surface area contributed by atoms with E-state index in [1.165, 1.54) is 0 Å². The molecule has 0 spiro atoms. The van der Waals surface area contributed by atoms with Crippen LogP contribution in [0.3, 0.4) is 0 Å². The molecule has 0 fully saturated rings. The third kappa shape index (κ3) is 4.40. The molecule has 0 aliphatic carbocycles. The Morgan fingerprint density at radius 3 is 1.35 bits per heavy atom. The van der Waals surface area contributed by atoms with E-state index in [2.05, 4.69) is 9.98 Å². The van der Waals surface area contributed by atoms with E-state index in [9.17, 15) is 0 Å². The second-order valence-corrected chi connectivity index (χ2v) is 6.81. The van der Waals surface area contributed by atoms with Gasteiger partial charge in [0.2, 0.25) is 0 Å². The molecule has 3 aromatic carbocycles. The van der Waals surface area contributed by atoms with Gasteiger partial charge in [0.15, 0.2) is 0 Å². The number of nitrogens with zero attached hydrogens (tertiary/aromatic N) is 2. The first-order valence-electron chi connectivity index (χ1n) is 8.23. The fourth-order valence-electron chi connectivity index (χ4n) is 2.52. The molecular weight excluding hydrogens is 363 g/mol. The number of hydrogen-bond donors (Lipinski definition) is 0. The van der Waals surface area contributed by atoms with Gasteiger partial charge in [-0.2, -0.15) is 0 Å². The molecule has 3 aromatic rings. The van der Waals surface area contributed by atoms with Crippen molar-refractivity contribution in [1.29, 1.82) is 0 Å². The number of halogens is 2. The molecule has 0 bridgehead atoms. The predicted octanol–water partition coefficient (Wildman–Crippen LogP) is 7.11. The number of hydrogen-bond acceptors (Lipinski definition) is 2. The van der Waals surface area contributed by atoms with Crippen molar-refractivity contribution in [2.75, 3.05) is 0 Å². The maximum Gasteiger partial charge on any atom is 0.0845 e. The van der Waals surface area contributed by atoms with E-state index in [1.807, 2.05) is 86.9 Å². The van der Waals surface area contributed by atoms with Crippen molar-refractivity contribution in [2.24, 2.45) is 9.98 Å². The Morgan fingerprint density at radius 2 is 1.00 bits per heavy atom. The molecule has 0 aromatic heterocycles. The number of benzene rings is 3. The van der Waals surface area contributed by atoms with Crippen LogP contribution in [0.4, 0.5) is 11.4 Å². The van der Waals surface area contributed by atoms with Crippen molar-refractivity contribution in [1.82, 2.24) is 0 Å². The van der Waals surface area contributed by atoms with Gasteiger partial charge < -0.3 is 0 Å². The number of aryl methyl sites for hydroxylation is 2. The number of aliphatic imine (C=N–C) groups is 2. The van der Waals surface area contributed by atoms with Gasteiger partial charge >= 0.3 is 0 Å². The highest BCUT2D eigenvalue weighted by Crippen LogP contribution is 2.29. The van der Waals surface area contributed by atoms with Crippen LogP contribution in [0, 0.1) is 13.8 Å². The van der Waals surface area contributed by atoms with Crippen LogP contribution >= 0.6 is 23.2 Å². The van der Waals surface area contributed by atoms with Crippen molar-refractivity contribution < 1.29 is 0 Å². The molecule has 0 N–H and O–H groups in total. The summed E-state index contributed by atoms with van der Waals surface area (Å²) in [5.74, 6) is 0. The Hall–Kier alpha value is -2.42. The summed E-state index contributed by atoms with van der Waals surface area (Å²) in [5, 5.41) is 1.31. The van der Waals surface area contributed by atoms with Crippen molar-refractivity contribution in [3.63, 3.8) is 0 Å². The van der Waals surface area contributed by atoms with E-state index in [4.69, 9.17) is 23.2 Å². The quantitative estimate of drug-likeness (QED) is 0.430.